The highest BCUT2D eigenvalue weighted by Crippen LogP contribution is 2.44. The van der Waals surface area contributed by atoms with Crippen LogP contribution in [0.4, 0.5) is 46.4 Å². The fourth-order valence-corrected chi connectivity index (χ4v) is 22.0. The summed E-state index contributed by atoms with van der Waals surface area (Å²) in [6, 6.07) is 51.9. The van der Waals surface area contributed by atoms with Gasteiger partial charge in [-0.2, -0.15) is 23.4 Å². The van der Waals surface area contributed by atoms with Gasteiger partial charge < -0.3 is 44.7 Å². The van der Waals surface area contributed by atoms with Crippen molar-refractivity contribution in [1.82, 2.24) is 64.8 Å². The highest BCUT2D eigenvalue weighted by atomic mass is 32.1. The van der Waals surface area contributed by atoms with E-state index in [0.29, 0.717) is 169 Å². The first kappa shape index (κ1) is 94.4. The number of alkyl halides is 3. The molecule has 14 aromatic rings. The number of hydrogen-bond donors (Lipinski definition) is 7. The maximum absolute atomic E-state index is 16.2. The van der Waals surface area contributed by atoms with Crippen LogP contribution in [0, 0.1) is 19.8 Å². The Kier molecular flexibility index (Phi) is 26.4. The van der Waals surface area contributed by atoms with Crippen molar-refractivity contribution in [3.63, 3.8) is 0 Å². The Hall–Kier alpha value is -15.3. The fraction of sp³-hybridized carbons (Fsp3) is 0.308. The number of fused-ring (bicyclic) bond motifs is 6. The number of benzene rings is 8. The van der Waals surface area contributed by atoms with Crippen molar-refractivity contribution in [2.45, 2.75) is 108 Å². The second-order valence-corrected chi connectivity index (χ2v) is 38.6. The number of piperazine rings is 1. The van der Waals surface area contributed by atoms with Gasteiger partial charge in [-0.25, -0.2) is 29.5 Å². The number of aromatic carboxylic acids is 1. The molecular weight excluding hydrogens is 1860 g/mol. The Morgan fingerprint density at radius 2 is 1.13 bits per heavy atom. The summed E-state index contributed by atoms with van der Waals surface area (Å²) in [5.41, 5.74) is 10.2. The molecule has 12 heterocycles. The number of nitrogens with zero attached hydrogens (tertiary/aromatic N) is 13. The van der Waals surface area contributed by atoms with E-state index in [1.54, 1.807) is 126 Å². The number of hydrogen-bond acceptors (Lipinski definition) is 26. The maximum Gasteiger partial charge on any atom is 0.405 e. The smallest absolute Gasteiger partial charge is 0.405 e. The number of carbonyl (C=O) groups is 10. The molecule has 38 heteroatoms. The molecule has 0 aliphatic carbocycles. The van der Waals surface area contributed by atoms with E-state index in [1.165, 1.54) is 27.4 Å². The second kappa shape index (κ2) is 39.8. The molecule has 0 bridgehead atoms. The number of thiazole rings is 2. The third-order valence-corrected chi connectivity index (χ3v) is 29.4. The molecule has 4 unspecified atom stereocenters. The summed E-state index contributed by atoms with van der Waals surface area (Å²) in [7, 11) is 3.41. The molecule has 7 N–H and O–H groups in total. The quantitative estimate of drug-likeness (QED) is 0.0136. The normalized spacial score (nSPS) is 18.1. The van der Waals surface area contributed by atoms with E-state index in [4.69, 9.17) is 29.2 Å². The number of piperidine rings is 2. The van der Waals surface area contributed by atoms with Crippen molar-refractivity contribution in [3.8, 4) is 33.8 Å². The number of aromatic nitrogens is 8. The number of carboxylic acid groups (broad SMARTS) is 1. The van der Waals surface area contributed by atoms with Gasteiger partial charge in [-0.15, -0.1) is 0 Å². The van der Waals surface area contributed by atoms with Crippen LogP contribution in [0.3, 0.4) is 0 Å². The zero-order valence-electron chi connectivity index (χ0n) is 77.8. The standard InChI is InChI=1S/C104H98F3N19O14S2/c1-57-62(16-12-26-80(57)139-48-41-59-39-43-123(50-59)55-89(129)108-61-29-30-69-78(49-61)120(3)118-91(69)71-33-37-87(127)114-98(71)133)65-31-36-86(112-93(65)100(135)136)126-52-74-64(18-10-20-68(74)97(132)117-103-111-76-23-6-8-28-83(76)142-103)81(53-126)140-101(137)94-66(32-35-85(113-94)125-44-40-60-15-9-19-67(73(60)51-125)96(131)116-102-110-75-22-5-7-27-82(75)141-102)63-17-13-25-79(58(63)2)138-47-14-42-122-45-46-124(84(54-122)104(105,106)107)56-90(130)109-77-24-11-21-70-92(119-121(4)95(70)77)72-34-38-88(128)115-99(72)134/h5-13,15-32,35-36,49,59,71-72,81,84H,14,33-34,37-48,50-56H2,1-4H3,(H,108,129)(H,109,130)(H,135,136)(H,110,116,131)(H,111,117,132)(H,114,127,133)(H,115,128,134)/t59?,71?,72?,81?,84-/m0/s1. The predicted molar refractivity (Wildman–Crippen MR) is 529 cm³/mol. The number of pyridine rings is 2. The molecule has 6 aromatic heterocycles. The number of esters is 1. The van der Waals surface area contributed by atoms with Gasteiger partial charge in [-0.1, -0.05) is 108 Å². The van der Waals surface area contributed by atoms with Gasteiger partial charge in [0.15, 0.2) is 21.7 Å². The molecule has 4 fully saturated rings. The first-order chi connectivity index (χ1) is 68.6. The highest BCUT2D eigenvalue weighted by Gasteiger charge is 2.48. The van der Waals surface area contributed by atoms with Crippen LogP contribution in [0.1, 0.15) is 149 Å². The molecule has 0 radical (unpaired) electrons. The van der Waals surface area contributed by atoms with E-state index in [-0.39, 0.29) is 130 Å². The molecule has 142 heavy (non-hydrogen) atoms. The van der Waals surface area contributed by atoms with Crippen molar-refractivity contribution < 1.29 is 80.4 Å². The number of imide groups is 2. The van der Waals surface area contributed by atoms with Crippen LogP contribution in [0.25, 0.3) is 64.5 Å². The van der Waals surface area contributed by atoms with Crippen LogP contribution in [-0.4, -0.2) is 209 Å². The summed E-state index contributed by atoms with van der Waals surface area (Å²) >= 11 is 2.65. The van der Waals surface area contributed by atoms with E-state index in [9.17, 15) is 43.5 Å². The molecule has 8 amide bonds. The Morgan fingerprint density at radius 1 is 0.535 bits per heavy atom. The minimum atomic E-state index is -4.71. The van der Waals surface area contributed by atoms with Gasteiger partial charge in [0, 0.05) is 124 Å². The van der Waals surface area contributed by atoms with Crippen LogP contribution in [0.15, 0.2) is 182 Å². The zero-order chi connectivity index (χ0) is 98.5. The van der Waals surface area contributed by atoms with Gasteiger partial charge in [0.05, 0.1) is 93.2 Å². The molecule has 5 atom stereocenters. The SMILES string of the molecule is Cc1c(OCCC2CCN(CC(=O)Nc3ccc4c(C5CCC(=O)NC5=O)nn(C)c4c3)C2)cccc1-c1ccc(N2Cc3c(C(=O)Nc4nc5ccccc5s4)cccc3C(OC(=O)c3nc(N4CCc5cccc(C(=O)Nc6nc7ccccc7s6)c5C4)ccc3-c3cccc(OCCCN4CCN(CC(=O)Nc5cccc6c(C7CCC(=O)NC7=O)nn(C)c56)[C@H](C(F)(F)F)C4)c3C)C2)nc1C(=O)O. The van der Waals surface area contributed by atoms with E-state index in [2.05, 4.69) is 52.0 Å². The fourth-order valence-electron chi connectivity index (χ4n) is 20.3. The van der Waals surface area contributed by atoms with Gasteiger partial charge in [-0.05, 0) is 201 Å². The summed E-state index contributed by atoms with van der Waals surface area (Å²) in [5.74, 6) is -5.11. The monoisotopic (exact) mass is 1960 g/mol. The van der Waals surface area contributed by atoms with Crippen molar-refractivity contribution in [3.05, 3.63) is 249 Å². The number of para-hydroxylation sites is 3. The molecular formula is C104H98F3N19O14S2. The number of amides is 8. The molecule has 33 nitrogen and oxygen atoms in total. The van der Waals surface area contributed by atoms with Crippen LogP contribution >= 0.6 is 22.7 Å². The first-order valence-electron chi connectivity index (χ1n) is 47.1. The van der Waals surface area contributed by atoms with Gasteiger partial charge in [0.2, 0.25) is 35.4 Å². The third-order valence-electron chi connectivity index (χ3n) is 27.5. The van der Waals surface area contributed by atoms with E-state index in [0.717, 1.165) is 48.3 Å². The van der Waals surface area contributed by atoms with Crippen molar-refractivity contribution in [2.75, 3.05) is 110 Å². The number of carboxylic acids is 1. The molecule has 0 saturated carbocycles. The molecule has 6 aliphatic heterocycles. The molecule has 8 aromatic carbocycles. The van der Waals surface area contributed by atoms with Gasteiger partial charge in [-0.3, -0.25) is 78.8 Å². The lowest BCUT2D eigenvalue weighted by Gasteiger charge is -2.41. The van der Waals surface area contributed by atoms with Crippen molar-refractivity contribution >= 4 is 157 Å². The minimum Gasteiger partial charge on any atom is -0.493 e. The summed E-state index contributed by atoms with van der Waals surface area (Å²) in [4.78, 5) is 165. The topological polar surface area (TPSA) is 394 Å². The van der Waals surface area contributed by atoms with Crippen LogP contribution in [0.2, 0.25) is 0 Å². The Balaban J connectivity index is 0.548. The number of nitrogens with one attached hydrogen (secondary N) is 6. The summed E-state index contributed by atoms with van der Waals surface area (Å²) in [5, 5.41) is 39.2. The van der Waals surface area contributed by atoms with Crippen molar-refractivity contribution in [1.29, 1.82) is 0 Å². The summed E-state index contributed by atoms with van der Waals surface area (Å²) in [6.45, 7) is 5.40. The Bertz CT molecular complexity index is 7380. The predicted octanol–water partition coefficient (Wildman–Crippen LogP) is 14.8. The average molecular weight is 1960 g/mol. The largest absolute Gasteiger partial charge is 0.493 e. The maximum atomic E-state index is 16.2. The minimum absolute atomic E-state index is 0.0206. The van der Waals surface area contributed by atoms with E-state index >= 15 is 22.8 Å². The molecule has 0 spiro atoms. The summed E-state index contributed by atoms with van der Waals surface area (Å²) < 4.78 is 70.4. The number of aryl methyl sites for hydroxylation is 2. The van der Waals surface area contributed by atoms with Crippen LogP contribution in [-0.2, 0) is 67.1 Å². The zero-order valence-corrected chi connectivity index (χ0v) is 79.4. The van der Waals surface area contributed by atoms with Gasteiger partial charge in [0.1, 0.15) is 35.3 Å². The molecule has 4 saturated heterocycles. The number of anilines is 6. The second-order valence-electron chi connectivity index (χ2n) is 36.6. The molecule has 6 aliphatic rings. The number of carbonyl (C=O) groups excluding carboxylic acids is 9. The lowest BCUT2D eigenvalue weighted by atomic mass is 9.92. The highest BCUT2D eigenvalue weighted by molar-refractivity contribution is 7.22. The Morgan fingerprint density at radius 3 is 1.80 bits per heavy atom. The molecule has 20 rings (SSSR count). The third kappa shape index (κ3) is 19.7. The lowest BCUT2D eigenvalue weighted by molar-refractivity contribution is -0.197. The first-order valence-corrected chi connectivity index (χ1v) is 48.7. The van der Waals surface area contributed by atoms with Gasteiger partial charge in [0.25, 0.3) is 11.8 Å². The van der Waals surface area contributed by atoms with Crippen LogP contribution in [0.5, 0.6) is 11.5 Å². The number of ether oxygens (including phenoxy) is 3. The summed E-state index contributed by atoms with van der Waals surface area (Å²) in [6.07, 6.45) is -2.68. The Labute approximate surface area is 819 Å². The van der Waals surface area contributed by atoms with E-state index < -0.39 is 72.9 Å². The number of likely N-dealkylation sites (tertiary alicyclic amines) is 1. The number of rotatable bonds is 28. The molecule has 726 valence electrons. The average Bonchev–Trinajstić information content (AvgIpc) is 1.53. The van der Waals surface area contributed by atoms with E-state index in [1.807, 2.05) is 104 Å². The van der Waals surface area contributed by atoms with Crippen LogP contribution < -0.4 is 51.2 Å². The van der Waals surface area contributed by atoms with Crippen molar-refractivity contribution in [2.24, 2.45) is 20.0 Å². The van der Waals surface area contributed by atoms with Gasteiger partial charge >= 0.3 is 18.1 Å². The lowest BCUT2D eigenvalue weighted by Crippen LogP contribution is -2.60. The number of halogens is 3.